The first-order valence-electron chi connectivity index (χ1n) is 12.3. The normalized spacial score (nSPS) is 15.0. The monoisotopic (exact) mass is 523 g/mol. The number of nitrogens with zero attached hydrogens (tertiary/aromatic N) is 3. The summed E-state index contributed by atoms with van der Waals surface area (Å²) in [6.45, 7) is 1.79. The number of pyridine rings is 1. The van der Waals surface area contributed by atoms with Crippen LogP contribution in [0.4, 0.5) is 13.2 Å². The van der Waals surface area contributed by atoms with Crippen molar-refractivity contribution in [2.75, 3.05) is 19.6 Å². The summed E-state index contributed by atoms with van der Waals surface area (Å²) >= 11 is 0. The van der Waals surface area contributed by atoms with Crippen LogP contribution in [-0.2, 0) is 22.3 Å². The Kier molecular flexibility index (Phi) is 8.58. The molecule has 6 nitrogen and oxygen atoms in total. The summed E-state index contributed by atoms with van der Waals surface area (Å²) in [5, 5.41) is 10.1. The molecule has 0 radical (unpaired) electrons. The number of benzene rings is 2. The first-order chi connectivity index (χ1) is 18.2. The predicted octanol–water partition coefficient (Wildman–Crippen LogP) is 5.36. The van der Waals surface area contributed by atoms with E-state index in [0.29, 0.717) is 5.56 Å². The van der Waals surface area contributed by atoms with Crippen molar-refractivity contribution in [1.82, 2.24) is 14.8 Å². The fourth-order valence-electron chi connectivity index (χ4n) is 4.42. The molecular formula is C29H28F3N3O3. The minimum atomic E-state index is -4.45. The highest BCUT2D eigenvalue weighted by molar-refractivity contribution is 5.94. The highest BCUT2D eigenvalue weighted by atomic mass is 19.4. The second-order valence-corrected chi connectivity index (χ2v) is 9.19. The third-order valence-electron chi connectivity index (χ3n) is 6.50. The van der Waals surface area contributed by atoms with Crippen LogP contribution in [0.15, 0.2) is 79.0 Å². The van der Waals surface area contributed by atoms with Crippen LogP contribution in [0.1, 0.15) is 29.5 Å². The van der Waals surface area contributed by atoms with Crippen LogP contribution >= 0.6 is 0 Å². The van der Waals surface area contributed by atoms with Crippen molar-refractivity contribution in [3.8, 4) is 11.3 Å². The standard InChI is InChI=1S/C29H28F3N3O3/c30-29(31,32)24-13-8-21(9-14-24)10-15-27(36)35(26(28(37)38)20-34-17-3-4-18-34)19-22-6-11-23(12-7-22)25-5-1-2-16-33-25/h1-2,5-16,26H,3-4,17-20H2,(H,37,38). The molecule has 1 amide bonds. The SMILES string of the molecule is O=C(O)C(CN1CCCC1)N(Cc1ccc(-c2ccccn2)cc1)C(=O)C=Cc1ccc(C(F)(F)F)cc1. The zero-order valence-electron chi connectivity index (χ0n) is 20.6. The number of likely N-dealkylation sites (tertiary alicyclic amines) is 1. The molecule has 2 heterocycles. The summed E-state index contributed by atoms with van der Waals surface area (Å²) in [4.78, 5) is 33.3. The highest BCUT2D eigenvalue weighted by Crippen LogP contribution is 2.29. The van der Waals surface area contributed by atoms with E-state index in [2.05, 4.69) is 4.98 Å². The minimum Gasteiger partial charge on any atom is -0.480 e. The van der Waals surface area contributed by atoms with Gasteiger partial charge in [-0.25, -0.2) is 4.79 Å². The lowest BCUT2D eigenvalue weighted by atomic mass is 10.1. The maximum Gasteiger partial charge on any atom is 0.416 e. The Morgan fingerprint density at radius 3 is 2.26 bits per heavy atom. The van der Waals surface area contributed by atoms with E-state index in [1.807, 2.05) is 47.4 Å². The van der Waals surface area contributed by atoms with Crippen molar-refractivity contribution in [2.24, 2.45) is 0 Å². The molecule has 2 aromatic carbocycles. The van der Waals surface area contributed by atoms with Crippen LogP contribution in [0.25, 0.3) is 17.3 Å². The van der Waals surface area contributed by atoms with Crippen LogP contribution in [-0.4, -0.2) is 57.4 Å². The molecule has 3 aromatic rings. The Bertz CT molecular complexity index is 1250. The largest absolute Gasteiger partial charge is 0.480 e. The number of alkyl halides is 3. The summed E-state index contributed by atoms with van der Waals surface area (Å²) in [7, 11) is 0. The van der Waals surface area contributed by atoms with Gasteiger partial charge in [0.1, 0.15) is 6.04 Å². The number of carboxylic acid groups (broad SMARTS) is 1. The van der Waals surface area contributed by atoms with Crippen LogP contribution < -0.4 is 0 Å². The van der Waals surface area contributed by atoms with Crippen molar-refractivity contribution >= 4 is 18.0 Å². The van der Waals surface area contributed by atoms with Gasteiger partial charge in [0.25, 0.3) is 0 Å². The maximum absolute atomic E-state index is 13.3. The van der Waals surface area contributed by atoms with E-state index in [0.717, 1.165) is 54.9 Å². The van der Waals surface area contributed by atoms with E-state index in [4.69, 9.17) is 0 Å². The molecule has 1 atom stereocenters. The van der Waals surface area contributed by atoms with Crippen molar-refractivity contribution < 1.29 is 27.9 Å². The molecule has 9 heteroatoms. The lowest BCUT2D eigenvalue weighted by Crippen LogP contribution is -2.50. The lowest BCUT2D eigenvalue weighted by Gasteiger charge is -2.31. The van der Waals surface area contributed by atoms with Crippen molar-refractivity contribution in [3.63, 3.8) is 0 Å². The second kappa shape index (κ2) is 12.0. The quantitative estimate of drug-likeness (QED) is 0.383. The van der Waals surface area contributed by atoms with Gasteiger partial charge in [0, 0.05) is 30.9 Å². The van der Waals surface area contributed by atoms with Crippen LogP contribution in [0.3, 0.4) is 0 Å². The molecule has 0 bridgehead atoms. The summed E-state index contributed by atoms with van der Waals surface area (Å²) in [5.41, 5.74) is 2.05. The average Bonchev–Trinajstić information content (AvgIpc) is 3.43. The molecule has 38 heavy (non-hydrogen) atoms. The molecule has 1 aromatic heterocycles. The number of amides is 1. The van der Waals surface area contributed by atoms with Gasteiger partial charge in [-0.15, -0.1) is 0 Å². The Morgan fingerprint density at radius 2 is 1.68 bits per heavy atom. The molecule has 1 fully saturated rings. The zero-order chi connectivity index (χ0) is 27.1. The van der Waals surface area contributed by atoms with Crippen LogP contribution in [0.2, 0.25) is 0 Å². The molecule has 1 aliphatic heterocycles. The van der Waals surface area contributed by atoms with E-state index >= 15 is 0 Å². The third-order valence-corrected chi connectivity index (χ3v) is 6.50. The molecule has 1 N–H and O–H groups in total. The van der Waals surface area contributed by atoms with E-state index in [1.165, 1.54) is 29.2 Å². The fraction of sp³-hybridized carbons (Fsp3) is 0.276. The van der Waals surface area contributed by atoms with Gasteiger partial charge in [0.2, 0.25) is 5.91 Å². The number of hydrogen-bond acceptors (Lipinski definition) is 4. The third kappa shape index (κ3) is 7.07. The van der Waals surface area contributed by atoms with Crippen molar-refractivity contribution in [1.29, 1.82) is 0 Å². The number of rotatable bonds is 9. The van der Waals surface area contributed by atoms with Gasteiger partial charge in [-0.05, 0) is 67.4 Å². The number of aliphatic carboxylic acids is 1. The lowest BCUT2D eigenvalue weighted by molar-refractivity contribution is -0.149. The number of aromatic nitrogens is 1. The summed E-state index contributed by atoms with van der Waals surface area (Å²) in [6.07, 6.45) is 1.80. The van der Waals surface area contributed by atoms with Gasteiger partial charge in [-0.3, -0.25) is 9.78 Å². The number of halogens is 3. The molecule has 4 rings (SSSR count). The molecular weight excluding hydrogens is 495 g/mol. The Balaban J connectivity index is 1.56. The highest BCUT2D eigenvalue weighted by Gasteiger charge is 2.32. The first kappa shape index (κ1) is 27.1. The predicted molar refractivity (Wildman–Crippen MR) is 138 cm³/mol. The molecule has 1 aliphatic rings. The fourth-order valence-corrected chi connectivity index (χ4v) is 4.42. The van der Waals surface area contributed by atoms with E-state index in [1.54, 1.807) is 6.20 Å². The van der Waals surface area contributed by atoms with E-state index in [9.17, 15) is 27.9 Å². The van der Waals surface area contributed by atoms with Gasteiger partial charge >= 0.3 is 12.1 Å². The first-order valence-corrected chi connectivity index (χ1v) is 12.3. The van der Waals surface area contributed by atoms with Gasteiger partial charge in [-0.1, -0.05) is 42.5 Å². The van der Waals surface area contributed by atoms with Crippen molar-refractivity contribution in [2.45, 2.75) is 31.6 Å². The zero-order valence-corrected chi connectivity index (χ0v) is 20.6. The molecule has 1 unspecified atom stereocenters. The maximum atomic E-state index is 13.3. The van der Waals surface area contributed by atoms with Gasteiger partial charge in [0.05, 0.1) is 11.3 Å². The van der Waals surface area contributed by atoms with Crippen LogP contribution in [0.5, 0.6) is 0 Å². The second-order valence-electron chi connectivity index (χ2n) is 9.19. The van der Waals surface area contributed by atoms with Crippen LogP contribution in [0, 0.1) is 0 Å². The average molecular weight is 524 g/mol. The van der Waals surface area contributed by atoms with Gasteiger partial charge < -0.3 is 14.9 Å². The number of carbonyl (C=O) groups excluding carboxylic acids is 1. The van der Waals surface area contributed by atoms with E-state index in [-0.39, 0.29) is 13.1 Å². The van der Waals surface area contributed by atoms with Gasteiger partial charge in [0.15, 0.2) is 0 Å². The Labute approximate surface area is 219 Å². The Hall–Kier alpha value is -3.98. The smallest absolute Gasteiger partial charge is 0.416 e. The number of carbonyl (C=O) groups is 2. The topological polar surface area (TPSA) is 73.7 Å². The van der Waals surface area contributed by atoms with E-state index < -0.39 is 29.7 Å². The van der Waals surface area contributed by atoms with Crippen molar-refractivity contribution in [3.05, 3.63) is 95.7 Å². The molecule has 0 spiro atoms. The minimum absolute atomic E-state index is 0.0590. The molecule has 0 saturated carbocycles. The summed E-state index contributed by atoms with van der Waals surface area (Å²) in [6, 6.07) is 16.3. The molecule has 198 valence electrons. The summed E-state index contributed by atoms with van der Waals surface area (Å²) in [5.74, 6) is -1.65. The van der Waals surface area contributed by atoms with Gasteiger partial charge in [-0.2, -0.15) is 13.2 Å². The molecule has 0 aliphatic carbocycles. The summed E-state index contributed by atoms with van der Waals surface area (Å²) < 4.78 is 38.6. The Morgan fingerprint density at radius 1 is 1.00 bits per heavy atom. The molecule has 1 saturated heterocycles. The number of hydrogen-bond donors (Lipinski definition) is 1. The number of carboxylic acids is 1.